The normalized spacial score (nSPS) is 14.3. The molecule has 2 N–H and O–H groups in total. The highest BCUT2D eigenvalue weighted by atomic mass is 16.6. The van der Waals surface area contributed by atoms with Gasteiger partial charge < -0.3 is 25.0 Å². The van der Waals surface area contributed by atoms with Crippen LogP contribution < -0.4 is 5.32 Å². The Bertz CT molecular complexity index is 1010. The zero-order valence-electron chi connectivity index (χ0n) is 23.2. The fraction of sp³-hybridized carbons (Fsp3) is 0.444. The van der Waals surface area contributed by atoms with E-state index in [4.69, 9.17) is 9.84 Å². The number of allylic oxidation sites excluding steroid dienone is 3. The van der Waals surface area contributed by atoms with Gasteiger partial charge in [0, 0.05) is 50.1 Å². The molecule has 11 nitrogen and oxygen atoms in total. The van der Waals surface area contributed by atoms with Crippen molar-refractivity contribution in [2.45, 2.75) is 47.1 Å². The minimum atomic E-state index is -0.591. The molecule has 1 aromatic carbocycles. The van der Waals surface area contributed by atoms with E-state index in [0.717, 1.165) is 6.29 Å². The van der Waals surface area contributed by atoms with Crippen LogP contribution in [-0.4, -0.2) is 71.5 Å². The predicted octanol–water partition coefficient (Wildman–Crippen LogP) is 4.57. The number of amidine groups is 1. The molecule has 0 aromatic heterocycles. The molecule has 0 saturated heterocycles. The molecule has 0 aliphatic carbocycles. The van der Waals surface area contributed by atoms with Crippen LogP contribution in [0.15, 0.2) is 65.5 Å². The average molecular weight is 532 g/mol. The van der Waals surface area contributed by atoms with Gasteiger partial charge in [0.2, 0.25) is 0 Å². The maximum Gasteiger partial charge on any atom is 0.321 e. The number of benzene rings is 1. The summed E-state index contributed by atoms with van der Waals surface area (Å²) in [5.41, 5.74) is 1.42. The second kappa shape index (κ2) is 19.2. The molecule has 0 radical (unpaired) electrons. The number of urea groups is 1. The van der Waals surface area contributed by atoms with Crippen molar-refractivity contribution >= 4 is 24.0 Å². The molecule has 38 heavy (non-hydrogen) atoms. The first-order valence-electron chi connectivity index (χ1n) is 12.3. The largest absolute Gasteiger partial charge is 0.468 e. The molecule has 1 atom stereocenters. The molecule has 1 unspecified atom stereocenters. The van der Waals surface area contributed by atoms with Gasteiger partial charge in [-0.15, -0.1) is 6.58 Å². The van der Waals surface area contributed by atoms with Gasteiger partial charge in [-0.1, -0.05) is 24.3 Å². The highest BCUT2D eigenvalue weighted by Crippen LogP contribution is 2.35. The van der Waals surface area contributed by atoms with Gasteiger partial charge in [-0.05, 0) is 46.6 Å². The molecular formula is C27H41N5O6. The van der Waals surface area contributed by atoms with Crippen LogP contribution in [-0.2, 0) is 9.53 Å². The number of ether oxygens (including phenoxy) is 1. The number of carbonyl (C=O) groups is 2. The topological polar surface area (TPSA) is 138 Å². The number of hydrogen-bond donors (Lipinski definition) is 2. The van der Waals surface area contributed by atoms with Gasteiger partial charge in [0.25, 0.3) is 11.7 Å². The van der Waals surface area contributed by atoms with Gasteiger partial charge in [-0.25, -0.2) is 9.79 Å². The number of amides is 2. The number of nitrogens with one attached hydrogen (secondary N) is 1. The Hall–Kier alpha value is -3.99. The van der Waals surface area contributed by atoms with E-state index in [-0.39, 0.29) is 18.3 Å². The van der Waals surface area contributed by atoms with Gasteiger partial charge in [0.05, 0.1) is 23.8 Å². The lowest BCUT2D eigenvalue weighted by Gasteiger charge is -2.37. The first kappa shape index (κ1) is 34.0. The molecule has 0 saturated carbocycles. The SMILES string of the molecule is C/C=C/NC(=O)N(CC)CCCN1C(OC)=NC(C)=C(C=O)C1c1cccc([N+](=O)[O-])c1.C=CC.CCO. The lowest BCUT2D eigenvalue weighted by molar-refractivity contribution is -0.384. The van der Waals surface area contributed by atoms with E-state index < -0.39 is 11.0 Å². The highest BCUT2D eigenvalue weighted by molar-refractivity contribution is 5.85. The molecular weight excluding hydrogens is 490 g/mol. The van der Waals surface area contributed by atoms with E-state index in [1.54, 1.807) is 54.1 Å². The van der Waals surface area contributed by atoms with Crippen LogP contribution in [0.2, 0.25) is 0 Å². The molecule has 1 aromatic rings. The number of aliphatic imine (C=N–C) groups is 1. The Labute approximate surface area is 225 Å². The summed E-state index contributed by atoms with van der Waals surface area (Å²) in [5, 5.41) is 21.5. The quantitative estimate of drug-likeness (QED) is 0.206. The third-order valence-corrected chi connectivity index (χ3v) is 5.11. The van der Waals surface area contributed by atoms with Crippen LogP contribution in [0, 0.1) is 10.1 Å². The Morgan fingerprint density at radius 1 is 1.37 bits per heavy atom. The van der Waals surface area contributed by atoms with Gasteiger partial charge in [-0.3, -0.25) is 14.9 Å². The number of methoxy groups -OCH3 is 1. The zero-order chi connectivity index (χ0) is 29.1. The number of nitro groups is 1. The Morgan fingerprint density at radius 3 is 2.50 bits per heavy atom. The first-order valence-corrected chi connectivity index (χ1v) is 12.3. The van der Waals surface area contributed by atoms with Crippen molar-refractivity contribution < 1.29 is 24.4 Å². The predicted molar refractivity (Wildman–Crippen MR) is 150 cm³/mol. The minimum absolute atomic E-state index is 0.0651. The number of non-ortho nitro benzene ring substituents is 1. The van der Waals surface area contributed by atoms with E-state index in [1.807, 2.05) is 20.8 Å². The van der Waals surface area contributed by atoms with E-state index in [0.29, 0.717) is 48.9 Å². The van der Waals surface area contributed by atoms with Crippen LogP contribution in [0.3, 0.4) is 0 Å². The number of aliphatic hydroxyl groups is 1. The van der Waals surface area contributed by atoms with E-state index in [2.05, 4.69) is 16.9 Å². The van der Waals surface area contributed by atoms with Crippen LogP contribution in [0.1, 0.15) is 52.6 Å². The number of carbonyl (C=O) groups excluding carboxylic acids is 2. The number of aliphatic hydroxyl groups excluding tert-OH is 1. The summed E-state index contributed by atoms with van der Waals surface area (Å²) in [6.45, 7) is 14.0. The Kier molecular flexibility index (Phi) is 17.2. The molecule has 0 spiro atoms. The van der Waals surface area contributed by atoms with Gasteiger partial charge in [-0.2, -0.15) is 0 Å². The first-order chi connectivity index (χ1) is 18.2. The lowest BCUT2D eigenvalue weighted by Crippen LogP contribution is -2.43. The molecule has 2 amide bonds. The second-order valence-corrected chi connectivity index (χ2v) is 7.81. The minimum Gasteiger partial charge on any atom is -0.468 e. The Morgan fingerprint density at radius 2 is 2.00 bits per heavy atom. The summed E-state index contributed by atoms with van der Waals surface area (Å²) >= 11 is 0. The molecule has 1 aliphatic rings. The summed E-state index contributed by atoms with van der Waals surface area (Å²) in [6.07, 6.45) is 6.36. The molecule has 1 heterocycles. The van der Waals surface area contributed by atoms with Crippen molar-refractivity contribution in [1.82, 2.24) is 15.1 Å². The standard InChI is InChI=1S/C22H29N5O5.C3H6.C2H6O/c1-5-11-23-21(29)25(6-2)12-8-13-26-20(17-9-7-10-18(14-17)27(30)31)19(15-28)16(3)24-22(26)32-4;1-3-2;1-2-3/h5,7,9-11,14-15,20H,6,8,12-13H2,1-4H3,(H,23,29);3H,1H2,2H3;3H,2H2,1H3/b11-5+;;. The van der Waals surface area contributed by atoms with Crippen molar-refractivity contribution in [1.29, 1.82) is 0 Å². The van der Waals surface area contributed by atoms with Crippen molar-refractivity contribution in [3.63, 3.8) is 0 Å². The van der Waals surface area contributed by atoms with Crippen molar-refractivity contribution in [3.05, 3.63) is 76.1 Å². The average Bonchev–Trinajstić information content (AvgIpc) is 2.90. The smallest absolute Gasteiger partial charge is 0.321 e. The summed E-state index contributed by atoms with van der Waals surface area (Å²) in [7, 11) is 1.48. The lowest BCUT2D eigenvalue weighted by atomic mass is 9.94. The monoisotopic (exact) mass is 531 g/mol. The van der Waals surface area contributed by atoms with Gasteiger partial charge in [0.15, 0.2) is 0 Å². The summed E-state index contributed by atoms with van der Waals surface area (Å²) in [4.78, 5) is 42.9. The number of hydrogen-bond acceptors (Lipinski definition) is 8. The third-order valence-electron chi connectivity index (χ3n) is 5.11. The van der Waals surface area contributed by atoms with E-state index in [1.165, 1.54) is 19.2 Å². The fourth-order valence-electron chi connectivity index (χ4n) is 3.53. The van der Waals surface area contributed by atoms with Crippen LogP contribution in [0.25, 0.3) is 0 Å². The molecule has 2 rings (SSSR count). The second-order valence-electron chi connectivity index (χ2n) is 7.81. The molecule has 0 fully saturated rings. The van der Waals surface area contributed by atoms with Crippen LogP contribution in [0.5, 0.6) is 0 Å². The number of nitrogens with zero attached hydrogens (tertiary/aromatic N) is 4. The summed E-state index contributed by atoms with van der Waals surface area (Å²) < 4.78 is 5.47. The van der Waals surface area contributed by atoms with Gasteiger partial charge >= 0.3 is 6.03 Å². The number of aldehydes is 1. The molecule has 11 heteroatoms. The third kappa shape index (κ3) is 10.6. The van der Waals surface area contributed by atoms with Crippen LogP contribution >= 0.6 is 0 Å². The Balaban J connectivity index is 0.00000208. The number of nitro benzene ring substituents is 1. The fourth-order valence-corrected chi connectivity index (χ4v) is 3.53. The van der Waals surface area contributed by atoms with Crippen LogP contribution in [0.4, 0.5) is 10.5 Å². The molecule has 210 valence electrons. The van der Waals surface area contributed by atoms with Crippen molar-refractivity contribution in [2.24, 2.45) is 4.99 Å². The highest BCUT2D eigenvalue weighted by Gasteiger charge is 2.33. The summed E-state index contributed by atoms with van der Waals surface area (Å²) in [5.74, 6) is 0. The van der Waals surface area contributed by atoms with E-state index in [9.17, 15) is 19.7 Å². The zero-order valence-corrected chi connectivity index (χ0v) is 23.2. The van der Waals surface area contributed by atoms with Crippen molar-refractivity contribution in [3.8, 4) is 0 Å². The molecule has 0 bridgehead atoms. The molecule has 1 aliphatic heterocycles. The number of rotatable bonds is 9. The maximum absolute atomic E-state index is 12.2. The van der Waals surface area contributed by atoms with E-state index >= 15 is 0 Å². The van der Waals surface area contributed by atoms with Crippen molar-refractivity contribution in [2.75, 3.05) is 33.4 Å². The maximum atomic E-state index is 12.2. The summed E-state index contributed by atoms with van der Waals surface area (Å²) in [6, 6.07) is 5.70. The van der Waals surface area contributed by atoms with Gasteiger partial charge in [0.1, 0.15) is 6.29 Å².